The second-order valence-corrected chi connectivity index (χ2v) is 4.58. The van der Waals surface area contributed by atoms with Crippen LogP contribution in [0.3, 0.4) is 0 Å². The van der Waals surface area contributed by atoms with Crippen LogP contribution in [-0.2, 0) is 4.79 Å². The van der Waals surface area contributed by atoms with Gasteiger partial charge in [-0.15, -0.1) is 0 Å². The maximum atomic E-state index is 11.7. The Balaban J connectivity index is 2.11. The van der Waals surface area contributed by atoms with Crippen molar-refractivity contribution in [3.63, 3.8) is 0 Å². The van der Waals surface area contributed by atoms with E-state index in [1.54, 1.807) is 6.07 Å². The van der Waals surface area contributed by atoms with Crippen molar-refractivity contribution in [2.75, 3.05) is 11.9 Å². The summed E-state index contributed by atoms with van der Waals surface area (Å²) in [4.78, 5) is 11.7. The molecule has 0 bridgehead atoms. The molecule has 1 amide bonds. The Morgan fingerprint density at radius 3 is 2.89 bits per heavy atom. The normalized spacial score (nSPS) is 14.1. The standard InChI is InChI=1S/C13H17N3O2/c1-8-2-5-11(18-7-12(14)15)10(6-8)16-13(17)9-3-4-9/h2,5-6,9H,3-4,7H2,1H3,(H3,14,15)(H,16,17). The van der Waals surface area contributed by atoms with Gasteiger partial charge in [0.25, 0.3) is 0 Å². The van der Waals surface area contributed by atoms with Crippen molar-refractivity contribution < 1.29 is 9.53 Å². The fourth-order valence-corrected chi connectivity index (χ4v) is 1.60. The number of anilines is 1. The summed E-state index contributed by atoms with van der Waals surface area (Å²) in [5.41, 5.74) is 6.94. The van der Waals surface area contributed by atoms with Crippen LogP contribution in [0.5, 0.6) is 5.75 Å². The molecule has 0 unspecified atom stereocenters. The summed E-state index contributed by atoms with van der Waals surface area (Å²) >= 11 is 0. The fourth-order valence-electron chi connectivity index (χ4n) is 1.60. The van der Waals surface area contributed by atoms with Gasteiger partial charge in [0.2, 0.25) is 5.91 Å². The van der Waals surface area contributed by atoms with Gasteiger partial charge in [-0.1, -0.05) is 6.07 Å². The molecule has 1 saturated carbocycles. The minimum atomic E-state index is -0.0463. The fraction of sp³-hybridized carbons (Fsp3) is 0.385. The number of hydrogen-bond acceptors (Lipinski definition) is 3. The van der Waals surface area contributed by atoms with Gasteiger partial charge in [-0.25, -0.2) is 0 Å². The first-order valence-electron chi connectivity index (χ1n) is 5.93. The van der Waals surface area contributed by atoms with Gasteiger partial charge in [-0.05, 0) is 37.5 Å². The molecule has 0 aromatic heterocycles. The maximum Gasteiger partial charge on any atom is 0.227 e. The third-order valence-corrected chi connectivity index (χ3v) is 2.72. The topological polar surface area (TPSA) is 88.2 Å². The van der Waals surface area contributed by atoms with Gasteiger partial charge in [-0.2, -0.15) is 0 Å². The first-order chi connectivity index (χ1) is 8.56. The van der Waals surface area contributed by atoms with E-state index in [1.165, 1.54) is 0 Å². The van der Waals surface area contributed by atoms with Crippen LogP contribution in [0, 0.1) is 18.3 Å². The molecule has 4 N–H and O–H groups in total. The Morgan fingerprint density at radius 1 is 1.56 bits per heavy atom. The molecule has 1 aromatic rings. The number of amidine groups is 1. The van der Waals surface area contributed by atoms with E-state index in [2.05, 4.69) is 5.32 Å². The summed E-state index contributed by atoms with van der Waals surface area (Å²) in [5, 5.41) is 10.0. The minimum Gasteiger partial charge on any atom is -0.484 e. The lowest BCUT2D eigenvalue weighted by atomic mass is 10.2. The first kappa shape index (κ1) is 12.4. The van der Waals surface area contributed by atoms with Crippen molar-refractivity contribution in [3.8, 4) is 5.75 Å². The summed E-state index contributed by atoms with van der Waals surface area (Å²) in [7, 11) is 0. The van der Waals surface area contributed by atoms with Gasteiger partial charge < -0.3 is 15.8 Å². The highest BCUT2D eigenvalue weighted by atomic mass is 16.5. The van der Waals surface area contributed by atoms with E-state index >= 15 is 0 Å². The smallest absolute Gasteiger partial charge is 0.227 e. The number of ether oxygens (including phenoxy) is 1. The average molecular weight is 247 g/mol. The van der Waals surface area contributed by atoms with E-state index in [1.807, 2.05) is 19.1 Å². The summed E-state index contributed by atoms with van der Waals surface area (Å²) in [6.45, 7) is 1.97. The molecule has 1 fully saturated rings. The predicted molar refractivity (Wildman–Crippen MR) is 69.9 cm³/mol. The number of amides is 1. The van der Waals surface area contributed by atoms with Crippen LogP contribution < -0.4 is 15.8 Å². The molecule has 2 rings (SSSR count). The molecule has 5 heteroatoms. The Kier molecular flexibility index (Phi) is 3.50. The zero-order valence-corrected chi connectivity index (χ0v) is 10.3. The van der Waals surface area contributed by atoms with Crippen molar-refractivity contribution in [2.45, 2.75) is 19.8 Å². The molecular weight excluding hydrogens is 230 g/mol. The van der Waals surface area contributed by atoms with Crippen LogP contribution >= 0.6 is 0 Å². The molecule has 0 saturated heterocycles. The Morgan fingerprint density at radius 2 is 2.28 bits per heavy atom. The molecule has 0 radical (unpaired) electrons. The lowest BCUT2D eigenvalue weighted by Gasteiger charge is -2.12. The molecule has 1 aliphatic rings. The Hall–Kier alpha value is -2.04. The molecule has 0 heterocycles. The predicted octanol–water partition coefficient (Wildman–Crippen LogP) is 1.66. The molecular formula is C13H17N3O2. The van der Waals surface area contributed by atoms with E-state index in [0.717, 1.165) is 18.4 Å². The van der Waals surface area contributed by atoms with Gasteiger partial charge in [0.1, 0.15) is 18.2 Å². The lowest BCUT2D eigenvalue weighted by Crippen LogP contribution is -2.20. The van der Waals surface area contributed by atoms with E-state index in [-0.39, 0.29) is 24.3 Å². The number of hydrogen-bond donors (Lipinski definition) is 3. The van der Waals surface area contributed by atoms with E-state index < -0.39 is 0 Å². The number of benzene rings is 1. The third kappa shape index (κ3) is 3.23. The zero-order chi connectivity index (χ0) is 13.1. The van der Waals surface area contributed by atoms with Crippen LogP contribution in [0.4, 0.5) is 5.69 Å². The quantitative estimate of drug-likeness (QED) is 0.546. The highest BCUT2D eigenvalue weighted by molar-refractivity contribution is 5.95. The SMILES string of the molecule is Cc1ccc(OCC(=N)N)c(NC(=O)C2CC2)c1. The van der Waals surface area contributed by atoms with Gasteiger partial charge in [-0.3, -0.25) is 10.2 Å². The van der Waals surface area contributed by atoms with Gasteiger partial charge in [0, 0.05) is 5.92 Å². The molecule has 5 nitrogen and oxygen atoms in total. The number of aryl methyl sites for hydroxylation is 1. The van der Waals surface area contributed by atoms with Crippen LogP contribution in [0.15, 0.2) is 18.2 Å². The highest BCUT2D eigenvalue weighted by Crippen LogP contribution is 2.32. The Labute approximate surface area is 106 Å². The second-order valence-electron chi connectivity index (χ2n) is 4.58. The van der Waals surface area contributed by atoms with Crippen molar-refractivity contribution in [1.29, 1.82) is 5.41 Å². The molecule has 0 spiro atoms. The van der Waals surface area contributed by atoms with Crippen molar-refractivity contribution in [1.82, 2.24) is 0 Å². The zero-order valence-electron chi connectivity index (χ0n) is 10.3. The molecule has 0 atom stereocenters. The number of carbonyl (C=O) groups is 1. The summed E-state index contributed by atoms with van der Waals surface area (Å²) in [6, 6.07) is 5.53. The third-order valence-electron chi connectivity index (χ3n) is 2.72. The Bertz CT molecular complexity index is 481. The molecule has 96 valence electrons. The van der Waals surface area contributed by atoms with Crippen molar-refractivity contribution in [2.24, 2.45) is 11.7 Å². The maximum absolute atomic E-state index is 11.7. The lowest BCUT2D eigenvalue weighted by molar-refractivity contribution is -0.117. The largest absolute Gasteiger partial charge is 0.484 e. The summed E-state index contributed by atoms with van der Waals surface area (Å²) in [6.07, 6.45) is 1.92. The number of carbonyl (C=O) groups excluding carboxylic acids is 1. The number of rotatable bonds is 5. The van der Waals surface area contributed by atoms with Crippen LogP contribution in [-0.4, -0.2) is 18.3 Å². The van der Waals surface area contributed by atoms with E-state index in [9.17, 15) is 4.79 Å². The number of nitrogens with two attached hydrogens (primary N) is 1. The summed E-state index contributed by atoms with van der Waals surface area (Å²) < 4.78 is 5.39. The van der Waals surface area contributed by atoms with Crippen LogP contribution in [0.25, 0.3) is 0 Å². The second kappa shape index (κ2) is 5.08. The molecule has 0 aliphatic heterocycles. The minimum absolute atomic E-state index is 0.0232. The summed E-state index contributed by atoms with van der Waals surface area (Å²) in [5.74, 6) is 0.680. The van der Waals surface area contributed by atoms with Crippen LogP contribution in [0.1, 0.15) is 18.4 Å². The first-order valence-corrected chi connectivity index (χ1v) is 5.93. The molecule has 1 aromatic carbocycles. The van der Waals surface area contributed by atoms with Crippen LogP contribution in [0.2, 0.25) is 0 Å². The van der Waals surface area contributed by atoms with Gasteiger partial charge in [0.05, 0.1) is 5.69 Å². The van der Waals surface area contributed by atoms with Gasteiger partial charge >= 0.3 is 0 Å². The highest BCUT2D eigenvalue weighted by Gasteiger charge is 2.30. The van der Waals surface area contributed by atoms with E-state index in [4.69, 9.17) is 15.9 Å². The van der Waals surface area contributed by atoms with E-state index in [0.29, 0.717) is 11.4 Å². The number of nitrogens with one attached hydrogen (secondary N) is 2. The van der Waals surface area contributed by atoms with Crippen molar-refractivity contribution in [3.05, 3.63) is 23.8 Å². The molecule has 1 aliphatic carbocycles. The average Bonchev–Trinajstić information content (AvgIpc) is 3.11. The molecule has 18 heavy (non-hydrogen) atoms. The van der Waals surface area contributed by atoms with Crippen molar-refractivity contribution >= 4 is 17.4 Å². The van der Waals surface area contributed by atoms with Gasteiger partial charge in [0.15, 0.2) is 0 Å². The monoisotopic (exact) mass is 247 g/mol.